The van der Waals surface area contributed by atoms with E-state index in [4.69, 9.17) is 24.5 Å². The third kappa shape index (κ3) is 12.2. The normalized spacial score (nSPS) is 13.8. The van der Waals surface area contributed by atoms with Crippen LogP contribution in [0.2, 0.25) is 0 Å². The predicted octanol–water partition coefficient (Wildman–Crippen LogP) is 2.55. The number of rotatable bonds is 14. The van der Waals surface area contributed by atoms with Gasteiger partial charge in [0, 0.05) is 25.2 Å². The maximum absolute atomic E-state index is 8.31. The van der Waals surface area contributed by atoms with E-state index in [1.54, 1.807) is 7.11 Å². The molecule has 20 heavy (non-hydrogen) atoms. The van der Waals surface area contributed by atoms with Crippen LogP contribution in [0.15, 0.2) is 5.11 Å². The van der Waals surface area contributed by atoms with Crippen LogP contribution in [-0.4, -0.2) is 58.9 Å². The highest BCUT2D eigenvalue weighted by Gasteiger charge is 2.14. The maximum Gasteiger partial charge on any atom is 0.0704 e. The lowest BCUT2D eigenvalue weighted by Gasteiger charge is -2.21. The molecule has 0 bridgehead atoms. The molecule has 0 saturated heterocycles. The second kappa shape index (κ2) is 14.6. The fourth-order valence-corrected chi connectivity index (χ4v) is 1.70. The summed E-state index contributed by atoms with van der Waals surface area (Å²) >= 11 is 0. The van der Waals surface area contributed by atoms with Crippen molar-refractivity contribution in [2.24, 2.45) is 5.11 Å². The van der Waals surface area contributed by atoms with E-state index < -0.39 is 0 Å². The molecule has 0 aromatic carbocycles. The molecule has 7 nitrogen and oxygen atoms in total. The van der Waals surface area contributed by atoms with Crippen LogP contribution in [-0.2, 0) is 18.9 Å². The molecule has 0 heterocycles. The van der Waals surface area contributed by atoms with Gasteiger partial charge in [-0.15, -0.1) is 0 Å². The van der Waals surface area contributed by atoms with E-state index in [1.165, 1.54) is 0 Å². The van der Waals surface area contributed by atoms with Gasteiger partial charge < -0.3 is 18.9 Å². The van der Waals surface area contributed by atoms with Crippen LogP contribution in [0.5, 0.6) is 0 Å². The molecule has 0 N–H and O–H groups in total. The largest absolute Gasteiger partial charge is 0.382 e. The van der Waals surface area contributed by atoms with Crippen molar-refractivity contribution in [3.63, 3.8) is 0 Å². The van der Waals surface area contributed by atoms with Crippen molar-refractivity contribution in [1.29, 1.82) is 0 Å². The third-order valence-corrected chi connectivity index (χ3v) is 2.68. The zero-order valence-electron chi connectivity index (χ0n) is 12.8. The Labute approximate surface area is 121 Å². The second-order valence-corrected chi connectivity index (χ2v) is 4.34. The van der Waals surface area contributed by atoms with Crippen molar-refractivity contribution in [1.82, 2.24) is 0 Å². The van der Waals surface area contributed by atoms with Crippen LogP contribution in [0.3, 0.4) is 0 Å². The van der Waals surface area contributed by atoms with Gasteiger partial charge in [-0.25, -0.2) is 0 Å². The molecule has 0 amide bonds. The minimum Gasteiger partial charge on any atom is -0.382 e. The Morgan fingerprint density at radius 2 is 1.90 bits per heavy atom. The lowest BCUT2D eigenvalue weighted by atomic mass is 10.1. The molecule has 0 fully saturated rings. The van der Waals surface area contributed by atoms with Gasteiger partial charge in [0.05, 0.1) is 38.6 Å². The monoisotopic (exact) mass is 289 g/mol. The summed E-state index contributed by atoms with van der Waals surface area (Å²) in [5, 5.41) is 3.55. The quantitative estimate of drug-likeness (QED) is 0.213. The standard InChI is InChI=1S/C13H27N3O4/c1-4-18-8-10-20-13(5-6-15-16-14)11-12(2)19-9-7-17-3/h12-13H,4-11H2,1-3H3. The van der Waals surface area contributed by atoms with Crippen molar-refractivity contribution >= 4 is 0 Å². The fourth-order valence-electron chi connectivity index (χ4n) is 1.70. The fraction of sp³-hybridized carbons (Fsp3) is 1.00. The molecule has 2 unspecified atom stereocenters. The number of hydrogen-bond donors (Lipinski definition) is 0. The summed E-state index contributed by atoms with van der Waals surface area (Å²) in [4.78, 5) is 2.75. The summed E-state index contributed by atoms with van der Waals surface area (Å²) < 4.78 is 21.5. The number of hydrogen-bond acceptors (Lipinski definition) is 5. The lowest BCUT2D eigenvalue weighted by Crippen LogP contribution is -2.24. The first-order chi connectivity index (χ1) is 9.74. The summed E-state index contributed by atoms with van der Waals surface area (Å²) in [7, 11) is 1.65. The lowest BCUT2D eigenvalue weighted by molar-refractivity contribution is -0.0382. The minimum atomic E-state index is 0.0125. The molecule has 0 radical (unpaired) electrons. The molecule has 118 valence electrons. The maximum atomic E-state index is 8.31. The Bertz CT molecular complexity index is 260. The highest BCUT2D eigenvalue weighted by Crippen LogP contribution is 2.10. The van der Waals surface area contributed by atoms with E-state index in [0.29, 0.717) is 46.0 Å². The highest BCUT2D eigenvalue weighted by atomic mass is 16.5. The van der Waals surface area contributed by atoms with Crippen molar-refractivity contribution in [3.8, 4) is 0 Å². The molecule has 7 heteroatoms. The Kier molecular flexibility index (Phi) is 13.9. The SMILES string of the molecule is CCOCCOC(CCN=[N+]=[N-])CC(C)OCCOC. The molecule has 0 rings (SSSR count). The van der Waals surface area contributed by atoms with E-state index >= 15 is 0 Å². The molecule has 0 saturated carbocycles. The number of ether oxygens (including phenoxy) is 4. The van der Waals surface area contributed by atoms with Gasteiger partial charge in [-0.05, 0) is 32.2 Å². The molecule has 0 spiro atoms. The van der Waals surface area contributed by atoms with Crippen LogP contribution >= 0.6 is 0 Å². The Balaban J connectivity index is 3.97. The van der Waals surface area contributed by atoms with Crippen LogP contribution in [0.25, 0.3) is 10.4 Å². The third-order valence-electron chi connectivity index (χ3n) is 2.68. The first-order valence-electron chi connectivity index (χ1n) is 7.05. The number of methoxy groups -OCH3 is 1. The van der Waals surface area contributed by atoms with E-state index in [0.717, 1.165) is 6.42 Å². The first kappa shape index (κ1) is 19.1. The van der Waals surface area contributed by atoms with E-state index in [1.807, 2.05) is 13.8 Å². The summed E-state index contributed by atoms with van der Waals surface area (Å²) in [5.41, 5.74) is 8.31. The summed E-state index contributed by atoms with van der Waals surface area (Å²) in [6.45, 7) is 7.34. The Hall–Kier alpha value is -0.850. The van der Waals surface area contributed by atoms with Crippen LogP contribution in [0.1, 0.15) is 26.7 Å². The molecular weight excluding hydrogens is 262 g/mol. The van der Waals surface area contributed by atoms with Crippen molar-refractivity contribution in [3.05, 3.63) is 10.4 Å². The molecule has 0 aromatic rings. The van der Waals surface area contributed by atoms with Gasteiger partial charge in [0.2, 0.25) is 0 Å². The topological polar surface area (TPSA) is 85.7 Å². The average Bonchev–Trinajstić information content (AvgIpc) is 2.44. The van der Waals surface area contributed by atoms with Gasteiger partial charge in [0.25, 0.3) is 0 Å². The smallest absolute Gasteiger partial charge is 0.0704 e. The van der Waals surface area contributed by atoms with Crippen LogP contribution < -0.4 is 0 Å². The summed E-state index contributed by atoms with van der Waals surface area (Å²) in [6.07, 6.45) is 1.54. The van der Waals surface area contributed by atoms with Gasteiger partial charge in [0.1, 0.15) is 0 Å². The molecule has 0 aliphatic rings. The van der Waals surface area contributed by atoms with Gasteiger partial charge in [0.15, 0.2) is 0 Å². The molecule has 0 aromatic heterocycles. The Morgan fingerprint density at radius 3 is 2.55 bits per heavy atom. The van der Waals surface area contributed by atoms with Crippen LogP contribution in [0.4, 0.5) is 0 Å². The zero-order valence-corrected chi connectivity index (χ0v) is 12.8. The molecule has 0 aliphatic heterocycles. The highest BCUT2D eigenvalue weighted by molar-refractivity contribution is 4.65. The summed E-state index contributed by atoms with van der Waals surface area (Å²) in [6, 6.07) is 0. The van der Waals surface area contributed by atoms with Gasteiger partial charge >= 0.3 is 0 Å². The second-order valence-electron chi connectivity index (χ2n) is 4.34. The van der Waals surface area contributed by atoms with Crippen molar-refractivity contribution in [2.75, 3.05) is 46.7 Å². The molecule has 2 atom stereocenters. The van der Waals surface area contributed by atoms with Crippen molar-refractivity contribution in [2.45, 2.75) is 38.9 Å². The summed E-state index contributed by atoms with van der Waals surface area (Å²) in [5.74, 6) is 0. The van der Waals surface area contributed by atoms with Crippen LogP contribution in [0, 0.1) is 0 Å². The number of nitrogens with zero attached hydrogens (tertiary/aromatic N) is 3. The van der Waals surface area contributed by atoms with Gasteiger partial charge in [-0.1, -0.05) is 5.11 Å². The van der Waals surface area contributed by atoms with Gasteiger partial charge in [-0.3, -0.25) is 0 Å². The Morgan fingerprint density at radius 1 is 1.15 bits per heavy atom. The van der Waals surface area contributed by atoms with Crippen molar-refractivity contribution < 1.29 is 18.9 Å². The first-order valence-corrected chi connectivity index (χ1v) is 7.05. The van der Waals surface area contributed by atoms with E-state index in [9.17, 15) is 0 Å². The zero-order chi connectivity index (χ0) is 15.1. The molecular formula is C13H27N3O4. The van der Waals surface area contributed by atoms with Gasteiger partial charge in [-0.2, -0.15) is 0 Å². The molecule has 0 aliphatic carbocycles. The average molecular weight is 289 g/mol. The number of azide groups is 1. The van der Waals surface area contributed by atoms with E-state index in [-0.39, 0.29) is 12.2 Å². The van der Waals surface area contributed by atoms with E-state index in [2.05, 4.69) is 10.0 Å². The predicted molar refractivity (Wildman–Crippen MR) is 76.8 cm³/mol. The minimum absolute atomic E-state index is 0.0125.